The summed E-state index contributed by atoms with van der Waals surface area (Å²) in [5.74, 6) is 0.519. The molecule has 2 aromatic heterocycles. The van der Waals surface area contributed by atoms with Gasteiger partial charge in [0, 0.05) is 31.2 Å². The molecule has 1 unspecified atom stereocenters. The van der Waals surface area contributed by atoms with Crippen LogP contribution in [0.3, 0.4) is 0 Å². The van der Waals surface area contributed by atoms with Gasteiger partial charge in [-0.15, -0.1) is 0 Å². The van der Waals surface area contributed by atoms with Gasteiger partial charge in [-0.3, -0.25) is 9.78 Å². The van der Waals surface area contributed by atoms with Crippen molar-refractivity contribution in [3.63, 3.8) is 0 Å². The number of piperidine rings is 1. The smallest absolute Gasteiger partial charge is 0.267 e. The first kappa shape index (κ1) is 20.3. The Bertz CT molecular complexity index is 981. The Labute approximate surface area is 172 Å². The molecule has 3 heterocycles. The minimum Gasteiger partial charge on any atom is -0.350 e. The topological polar surface area (TPSA) is 95.2 Å². The van der Waals surface area contributed by atoms with Crippen LogP contribution in [0.25, 0.3) is 10.9 Å². The fourth-order valence-electron chi connectivity index (χ4n) is 4.59. The maximum absolute atomic E-state index is 12.6. The second-order valence-electron chi connectivity index (χ2n) is 9.84. The molecule has 2 fully saturated rings. The van der Waals surface area contributed by atoms with E-state index in [9.17, 15) is 13.2 Å². The molecule has 1 saturated heterocycles. The number of H-pyrrole nitrogens is 1. The van der Waals surface area contributed by atoms with Gasteiger partial charge in [0.1, 0.15) is 5.69 Å². The summed E-state index contributed by atoms with van der Waals surface area (Å²) in [4.78, 5) is 19.6. The number of nitrogens with zero attached hydrogens (tertiary/aromatic N) is 2. The first-order chi connectivity index (χ1) is 13.6. The van der Waals surface area contributed by atoms with Gasteiger partial charge in [-0.2, -0.15) is 0 Å². The molecule has 0 aromatic carbocycles. The number of aromatic amines is 1. The lowest BCUT2D eigenvalue weighted by Gasteiger charge is -2.34. The molecular formula is C21H30N4O3S. The number of pyridine rings is 1. The van der Waals surface area contributed by atoms with Crippen molar-refractivity contribution in [2.75, 3.05) is 25.4 Å². The zero-order valence-corrected chi connectivity index (χ0v) is 18.2. The molecular weight excluding hydrogens is 388 g/mol. The van der Waals surface area contributed by atoms with E-state index in [1.54, 1.807) is 16.7 Å². The fraction of sp³-hybridized carbons (Fsp3) is 0.619. The van der Waals surface area contributed by atoms with Crippen molar-refractivity contribution in [2.45, 2.75) is 40.0 Å². The molecule has 1 aliphatic heterocycles. The van der Waals surface area contributed by atoms with E-state index in [0.29, 0.717) is 31.2 Å². The van der Waals surface area contributed by atoms with Gasteiger partial charge in [-0.05, 0) is 48.1 Å². The Morgan fingerprint density at radius 3 is 2.72 bits per heavy atom. The van der Waals surface area contributed by atoms with E-state index < -0.39 is 10.0 Å². The van der Waals surface area contributed by atoms with Gasteiger partial charge in [-0.1, -0.05) is 20.8 Å². The second kappa shape index (κ2) is 7.09. The average molecular weight is 419 g/mol. The Kier molecular flexibility index (Phi) is 4.98. The largest absolute Gasteiger partial charge is 0.350 e. The molecule has 1 amide bonds. The van der Waals surface area contributed by atoms with Gasteiger partial charge in [-0.25, -0.2) is 12.7 Å². The lowest BCUT2D eigenvalue weighted by molar-refractivity contribution is 0.0944. The zero-order chi connectivity index (χ0) is 20.9. The van der Waals surface area contributed by atoms with Crippen molar-refractivity contribution in [3.05, 3.63) is 30.2 Å². The highest BCUT2D eigenvalue weighted by molar-refractivity contribution is 7.89. The number of carbonyl (C=O) groups excluding carboxylic acids is 1. The van der Waals surface area contributed by atoms with Gasteiger partial charge in [0.05, 0.1) is 17.5 Å². The van der Waals surface area contributed by atoms with E-state index in [4.69, 9.17) is 0 Å². The van der Waals surface area contributed by atoms with Gasteiger partial charge in [0.25, 0.3) is 5.91 Å². The standard InChI is InChI=1S/C21H30N4O3S/c1-20(2,3)14-29(27,28)25-8-5-21(6-9-25)11-16(21)12-23-19(26)17-10-15-4-7-22-13-18(15)24-17/h4,7,10,13,16,24H,5-6,8-9,11-12,14H2,1-3H3,(H,23,26). The third-order valence-electron chi connectivity index (χ3n) is 6.26. The van der Waals surface area contributed by atoms with Gasteiger partial charge in [0.15, 0.2) is 0 Å². The van der Waals surface area contributed by atoms with Crippen LogP contribution in [0, 0.1) is 16.7 Å². The van der Waals surface area contributed by atoms with Gasteiger partial charge < -0.3 is 10.3 Å². The number of fused-ring (bicyclic) bond motifs is 1. The van der Waals surface area contributed by atoms with Crippen LogP contribution in [0.1, 0.15) is 50.5 Å². The number of rotatable bonds is 5. The Hall–Kier alpha value is -1.93. The molecule has 1 spiro atoms. The van der Waals surface area contributed by atoms with Crippen LogP contribution in [-0.4, -0.2) is 54.0 Å². The normalized spacial score (nSPS) is 22.1. The predicted octanol–water partition coefficient (Wildman–Crippen LogP) is 2.77. The van der Waals surface area contributed by atoms with Crippen molar-refractivity contribution in [3.8, 4) is 0 Å². The van der Waals surface area contributed by atoms with Crippen molar-refractivity contribution >= 4 is 26.8 Å². The lowest BCUT2D eigenvalue weighted by Crippen LogP contribution is -2.43. The van der Waals surface area contributed by atoms with Gasteiger partial charge in [0.2, 0.25) is 10.0 Å². The first-order valence-electron chi connectivity index (χ1n) is 10.3. The van der Waals surface area contributed by atoms with E-state index in [0.717, 1.165) is 30.2 Å². The minimum atomic E-state index is -3.20. The van der Waals surface area contributed by atoms with E-state index in [2.05, 4.69) is 15.3 Å². The predicted molar refractivity (Wildman–Crippen MR) is 113 cm³/mol. The molecule has 7 nitrogen and oxygen atoms in total. The van der Waals surface area contributed by atoms with Crippen LogP contribution in [0.2, 0.25) is 0 Å². The maximum atomic E-state index is 12.6. The molecule has 8 heteroatoms. The Balaban J connectivity index is 1.29. The number of amides is 1. The van der Waals surface area contributed by atoms with E-state index >= 15 is 0 Å². The van der Waals surface area contributed by atoms with Crippen LogP contribution in [0.4, 0.5) is 0 Å². The number of sulfonamides is 1. The fourth-order valence-corrected chi connectivity index (χ4v) is 6.60. The van der Waals surface area contributed by atoms with Crippen molar-refractivity contribution in [2.24, 2.45) is 16.7 Å². The van der Waals surface area contributed by atoms with Gasteiger partial charge >= 0.3 is 0 Å². The Morgan fingerprint density at radius 1 is 1.34 bits per heavy atom. The molecule has 29 heavy (non-hydrogen) atoms. The second-order valence-corrected chi connectivity index (χ2v) is 11.8. The molecule has 1 aliphatic carbocycles. The highest BCUT2D eigenvalue weighted by Gasteiger charge is 2.55. The highest BCUT2D eigenvalue weighted by Crippen LogP contribution is 2.59. The molecule has 2 N–H and O–H groups in total. The number of carbonyl (C=O) groups is 1. The van der Waals surface area contributed by atoms with Crippen molar-refractivity contribution in [1.82, 2.24) is 19.6 Å². The molecule has 2 aromatic rings. The highest BCUT2D eigenvalue weighted by atomic mass is 32.2. The molecule has 1 atom stereocenters. The molecule has 1 saturated carbocycles. The van der Waals surface area contributed by atoms with Crippen molar-refractivity contribution < 1.29 is 13.2 Å². The molecule has 158 valence electrons. The van der Waals surface area contributed by atoms with Crippen LogP contribution in [0.5, 0.6) is 0 Å². The van der Waals surface area contributed by atoms with E-state index in [-0.39, 0.29) is 22.5 Å². The van der Waals surface area contributed by atoms with E-state index in [1.165, 1.54) is 0 Å². The summed E-state index contributed by atoms with van der Waals surface area (Å²) in [6, 6.07) is 3.72. The van der Waals surface area contributed by atoms with Crippen LogP contribution < -0.4 is 5.32 Å². The molecule has 0 radical (unpaired) electrons. The van der Waals surface area contributed by atoms with Crippen LogP contribution in [0.15, 0.2) is 24.5 Å². The summed E-state index contributed by atoms with van der Waals surface area (Å²) in [5.41, 5.74) is 1.36. The monoisotopic (exact) mass is 418 g/mol. The number of nitrogens with one attached hydrogen (secondary N) is 2. The average Bonchev–Trinajstić information content (AvgIpc) is 3.11. The summed E-state index contributed by atoms with van der Waals surface area (Å²) in [5, 5.41) is 4.01. The summed E-state index contributed by atoms with van der Waals surface area (Å²) in [7, 11) is -3.20. The SMILES string of the molecule is CC(C)(C)CS(=O)(=O)N1CCC2(CC1)CC2CNC(=O)c1cc2ccncc2[nH]1. The first-order valence-corrected chi connectivity index (χ1v) is 11.9. The van der Waals surface area contributed by atoms with E-state index in [1.807, 2.05) is 32.9 Å². The van der Waals surface area contributed by atoms with Crippen LogP contribution in [-0.2, 0) is 10.0 Å². The zero-order valence-electron chi connectivity index (χ0n) is 17.4. The molecule has 2 aliphatic rings. The summed E-state index contributed by atoms with van der Waals surface area (Å²) in [6.07, 6.45) is 6.25. The lowest BCUT2D eigenvalue weighted by atomic mass is 9.92. The minimum absolute atomic E-state index is 0.103. The summed E-state index contributed by atoms with van der Waals surface area (Å²) >= 11 is 0. The number of aromatic nitrogens is 2. The summed E-state index contributed by atoms with van der Waals surface area (Å²) in [6.45, 7) is 7.70. The maximum Gasteiger partial charge on any atom is 0.267 e. The van der Waals surface area contributed by atoms with Crippen LogP contribution >= 0.6 is 0 Å². The van der Waals surface area contributed by atoms with Crippen molar-refractivity contribution in [1.29, 1.82) is 0 Å². The Morgan fingerprint density at radius 2 is 2.07 bits per heavy atom. The quantitative estimate of drug-likeness (QED) is 0.780. The third kappa shape index (κ3) is 4.33. The molecule has 4 rings (SSSR count). The number of hydrogen-bond acceptors (Lipinski definition) is 4. The third-order valence-corrected chi connectivity index (χ3v) is 8.65. The summed E-state index contributed by atoms with van der Waals surface area (Å²) < 4.78 is 26.9. The molecule has 0 bridgehead atoms. The number of hydrogen-bond donors (Lipinski definition) is 2.